The molecule has 0 unspecified atom stereocenters. The van der Waals surface area contributed by atoms with Crippen LogP contribution in [0, 0.1) is 6.92 Å². The standard InChI is InChI=1S/C18H15NO3/c1-12-3-5-13(6-4-12)11-16-18(20)22-17(19-16)14-7-9-15(21-2)10-8-14/h3-11H,1-2H3/b16-11+. The smallest absolute Gasteiger partial charge is 0.363 e. The van der Waals surface area contributed by atoms with Gasteiger partial charge in [-0.05, 0) is 42.8 Å². The first-order valence-electron chi connectivity index (χ1n) is 6.89. The summed E-state index contributed by atoms with van der Waals surface area (Å²) in [6.07, 6.45) is 1.72. The minimum absolute atomic E-state index is 0.301. The normalized spacial score (nSPS) is 15.6. The number of methoxy groups -OCH3 is 1. The molecule has 0 aromatic heterocycles. The van der Waals surface area contributed by atoms with Crippen molar-refractivity contribution in [1.82, 2.24) is 0 Å². The van der Waals surface area contributed by atoms with Gasteiger partial charge in [-0.2, -0.15) is 0 Å². The number of carbonyl (C=O) groups excluding carboxylic acids is 1. The van der Waals surface area contributed by atoms with Crippen molar-refractivity contribution in [2.45, 2.75) is 6.92 Å². The van der Waals surface area contributed by atoms with Crippen molar-refractivity contribution >= 4 is 17.9 Å². The summed E-state index contributed by atoms with van der Waals surface area (Å²) in [5.41, 5.74) is 3.12. The number of hydrogen-bond acceptors (Lipinski definition) is 4. The molecule has 0 radical (unpaired) electrons. The largest absolute Gasteiger partial charge is 0.497 e. The number of aryl methyl sites for hydroxylation is 1. The van der Waals surface area contributed by atoms with Crippen LogP contribution in [-0.4, -0.2) is 19.0 Å². The summed E-state index contributed by atoms with van der Waals surface area (Å²) in [5, 5.41) is 0. The molecule has 1 aliphatic rings. The Bertz CT molecular complexity index is 756. The van der Waals surface area contributed by atoms with E-state index >= 15 is 0 Å². The van der Waals surface area contributed by atoms with Crippen molar-refractivity contribution in [3.63, 3.8) is 0 Å². The second kappa shape index (κ2) is 5.85. The predicted octanol–water partition coefficient (Wildman–Crippen LogP) is 3.35. The molecule has 0 saturated carbocycles. The van der Waals surface area contributed by atoms with E-state index in [0.717, 1.165) is 16.9 Å². The second-order valence-electron chi connectivity index (χ2n) is 4.98. The van der Waals surface area contributed by atoms with E-state index in [0.29, 0.717) is 11.6 Å². The highest BCUT2D eigenvalue weighted by atomic mass is 16.6. The highest BCUT2D eigenvalue weighted by Crippen LogP contribution is 2.20. The maximum Gasteiger partial charge on any atom is 0.363 e. The molecule has 3 rings (SSSR count). The van der Waals surface area contributed by atoms with Gasteiger partial charge in [-0.15, -0.1) is 0 Å². The molecule has 2 aromatic carbocycles. The fourth-order valence-corrected chi connectivity index (χ4v) is 2.09. The molecule has 22 heavy (non-hydrogen) atoms. The number of rotatable bonds is 3. The zero-order valence-electron chi connectivity index (χ0n) is 12.4. The van der Waals surface area contributed by atoms with Crippen LogP contribution in [-0.2, 0) is 9.53 Å². The molecule has 2 aromatic rings. The Kier molecular flexibility index (Phi) is 3.74. The van der Waals surface area contributed by atoms with Crippen molar-refractivity contribution in [1.29, 1.82) is 0 Å². The van der Waals surface area contributed by atoms with Crippen LogP contribution in [0.3, 0.4) is 0 Å². The molecule has 1 aliphatic heterocycles. The molecule has 4 heteroatoms. The Hall–Kier alpha value is -2.88. The van der Waals surface area contributed by atoms with Gasteiger partial charge in [-0.25, -0.2) is 9.79 Å². The van der Waals surface area contributed by atoms with Crippen LogP contribution in [0.25, 0.3) is 6.08 Å². The molecule has 0 spiro atoms. The van der Waals surface area contributed by atoms with E-state index in [2.05, 4.69) is 4.99 Å². The number of carbonyl (C=O) groups is 1. The number of aliphatic imine (C=N–C) groups is 1. The molecule has 0 N–H and O–H groups in total. The Morgan fingerprint density at radius 2 is 1.73 bits per heavy atom. The Morgan fingerprint density at radius 1 is 1.05 bits per heavy atom. The number of benzene rings is 2. The summed E-state index contributed by atoms with van der Waals surface area (Å²) in [6, 6.07) is 15.1. The van der Waals surface area contributed by atoms with Gasteiger partial charge in [0.1, 0.15) is 5.75 Å². The first-order chi connectivity index (χ1) is 10.7. The molecule has 0 atom stereocenters. The number of hydrogen-bond donors (Lipinski definition) is 0. The van der Waals surface area contributed by atoms with Gasteiger partial charge in [-0.3, -0.25) is 0 Å². The SMILES string of the molecule is COc1ccc(C2=N/C(=C/c3ccc(C)cc3)C(=O)O2)cc1. The minimum atomic E-state index is -0.439. The third-order valence-corrected chi connectivity index (χ3v) is 3.34. The molecule has 0 saturated heterocycles. The van der Waals surface area contributed by atoms with E-state index in [1.807, 2.05) is 31.2 Å². The van der Waals surface area contributed by atoms with Crippen LogP contribution in [0.4, 0.5) is 0 Å². The quantitative estimate of drug-likeness (QED) is 0.644. The molecule has 0 aliphatic carbocycles. The lowest BCUT2D eigenvalue weighted by molar-refractivity contribution is -0.129. The van der Waals surface area contributed by atoms with Gasteiger partial charge < -0.3 is 9.47 Å². The van der Waals surface area contributed by atoms with Crippen molar-refractivity contribution in [2.24, 2.45) is 4.99 Å². The van der Waals surface area contributed by atoms with Crippen molar-refractivity contribution < 1.29 is 14.3 Å². The van der Waals surface area contributed by atoms with Crippen molar-refractivity contribution in [3.05, 3.63) is 70.9 Å². The number of ether oxygens (including phenoxy) is 2. The van der Waals surface area contributed by atoms with Gasteiger partial charge in [0.15, 0.2) is 5.70 Å². The highest BCUT2D eigenvalue weighted by Gasteiger charge is 2.24. The van der Waals surface area contributed by atoms with Crippen LogP contribution >= 0.6 is 0 Å². The van der Waals surface area contributed by atoms with E-state index < -0.39 is 5.97 Å². The number of cyclic esters (lactones) is 1. The van der Waals surface area contributed by atoms with Gasteiger partial charge in [0.25, 0.3) is 0 Å². The fourth-order valence-electron chi connectivity index (χ4n) is 2.09. The third kappa shape index (κ3) is 2.91. The Morgan fingerprint density at radius 3 is 2.36 bits per heavy atom. The average molecular weight is 293 g/mol. The summed E-state index contributed by atoms with van der Waals surface area (Å²) in [4.78, 5) is 16.2. The lowest BCUT2D eigenvalue weighted by atomic mass is 10.1. The zero-order chi connectivity index (χ0) is 15.5. The predicted molar refractivity (Wildman–Crippen MR) is 84.8 cm³/mol. The highest BCUT2D eigenvalue weighted by molar-refractivity contribution is 6.12. The van der Waals surface area contributed by atoms with Gasteiger partial charge in [0, 0.05) is 5.56 Å². The van der Waals surface area contributed by atoms with Gasteiger partial charge in [0.2, 0.25) is 5.90 Å². The van der Waals surface area contributed by atoms with E-state index in [-0.39, 0.29) is 0 Å². The first kappa shape index (κ1) is 14.1. The van der Waals surface area contributed by atoms with E-state index in [9.17, 15) is 4.79 Å². The van der Waals surface area contributed by atoms with E-state index in [1.165, 1.54) is 5.56 Å². The molecule has 0 amide bonds. The molecule has 0 bridgehead atoms. The molecular formula is C18H15NO3. The van der Waals surface area contributed by atoms with Gasteiger partial charge >= 0.3 is 5.97 Å². The van der Waals surface area contributed by atoms with Gasteiger partial charge in [-0.1, -0.05) is 29.8 Å². The minimum Gasteiger partial charge on any atom is -0.497 e. The lowest BCUT2D eigenvalue weighted by Gasteiger charge is -2.01. The van der Waals surface area contributed by atoms with E-state index in [4.69, 9.17) is 9.47 Å². The first-order valence-corrected chi connectivity index (χ1v) is 6.89. The summed E-state index contributed by atoms with van der Waals surface area (Å²) in [7, 11) is 1.60. The van der Waals surface area contributed by atoms with Crippen LogP contribution < -0.4 is 4.74 Å². The molecule has 4 nitrogen and oxygen atoms in total. The summed E-state index contributed by atoms with van der Waals surface area (Å²) in [5.74, 6) is 0.613. The zero-order valence-corrected chi connectivity index (χ0v) is 12.4. The maximum atomic E-state index is 11.9. The van der Waals surface area contributed by atoms with Crippen molar-refractivity contribution in [2.75, 3.05) is 7.11 Å². The van der Waals surface area contributed by atoms with Crippen LogP contribution in [0.5, 0.6) is 5.75 Å². The number of esters is 1. The summed E-state index contributed by atoms with van der Waals surface area (Å²) in [6.45, 7) is 2.01. The Balaban J connectivity index is 1.88. The molecule has 110 valence electrons. The topological polar surface area (TPSA) is 47.9 Å². The second-order valence-corrected chi connectivity index (χ2v) is 4.98. The lowest BCUT2D eigenvalue weighted by Crippen LogP contribution is -2.05. The van der Waals surface area contributed by atoms with Gasteiger partial charge in [0.05, 0.1) is 7.11 Å². The maximum absolute atomic E-state index is 11.9. The van der Waals surface area contributed by atoms with E-state index in [1.54, 1.807) is 37.5 Å². The summed E-state index contributed by atoms with van der Waals surface area (Å²) >= 11 is 0. The Labute approximate surface area is 128 Å². The average Bonchev–Trinajstić information content (AvgIpc) is 2.91. The van der Waals surface area contributed by atoms with Crippen LogP contribution in [0.2, 0.25) is 0 Å². The molecule has 0 fully saturated rings. The summed E-state index contributed by atoms with van der Waals surface area (Å²) < 4.78 is 10.3. The van der Waals surface area contributed by atoms with Crippen molar-refractivity contribution in [3.8, 4) is 5.75 Å². The van der Waals surface area contributed by atoms with Crippen LogP contribution in [0.1, 0.15) is 16.7 Å². The monoisotopic (exact) mass is 293 g/mol. The third-order valence-electron chi connectivity index (χ3n) is 3.34. The fraction of sp³-hybridized carbons (Fsp3) is 0.111. The molecule has 1 heterocycles. The number of nitrogens with zero attached hydrogens (tertiary/aromatic N) is 1. The van der Waals surface area contributed by atoms with Crippen LogP contribution in [0.15, 0.2) is 59.2 Å². The molecular weight excluding hydrogens is 278 g/mol.